The van der Waals surface area contributed by atoms with Crippen LogP contribution in [0.3, 0.4) is 0 Å². The number of benzene rings is 2. The Morgan fingerprint density at radius 1 is 1.09 bits per heavy atom. The van der Waals surface area contributed by atoms with Crippen LogP contribution in [-0.4, -0.2) is 26.9 Å². The molecular weight excluding hydrogens is 425 g/mol. The van der Waals surface area contributed by atoms with Crippen LogP contribution in [0.15, 0.2) is 54.5 Å². The van der Waals surface area contributed by atoms with Crippen molar-refractivity contribution in [1.82, 2.24) is 9.97 Å². The van der Waals surface area contributed by atoms with Crippen LogP contribution in [0.25, 0.3) is 27.9 Å². The van der Waals surface area contributed by atoms with Crippen molar-refractivity contribution in [1.29, 1.82) is 0 Å². The average Bonchev–Trinajstić information content (AvgIpc) is 2.76. The molecule has 0 aliphatic heterocycles. The number of rotatable bonds is 6. The van der Waals surface area contributed by atoms with E-state index in [0.29, 0.717) is 22.4 Å². The first kappa shape index (κ1) is 22.0. The third-order valence-electron chi connectivity index (χ3n) is 5.43. The molecule has 0 saturated carbocycles. The highest BCUT2D eigenvalue weighted by atomic mass is 31.2. The van der Waals surface area contributed by atoms with Crippen molar-refractivity contribution in [2.24, 2.45) is 0 Å². The fourth-order valence-electron chi connectivity index (χ4n) is 3.75. The molecule has 0 fully saturated rings. The van der Waals surface area contributed by atoms with Crippen molar-refractivity contribution < 1.29 is 19.1 Å². The number of aromatic nitrogens is 2. The smallest absolute Gasteiger partial charge is 0.349 e. The number of aryl methyl sites for hydroxylation is 3. The number of fused-ring (bicyclic) bond motifs is 3. The topological polar surface area (TPSA) is 119 Å². The lowest BCUT2D eigenvalue weighted by atomic mass is 9.99. The normalized spacial score (nSPS) is 12.1. The average molecular weight is 449 g/mol. The van der Waals surface area contributed by atoms with E-state index in [-0.39, 0.29) is 0 Å². The van der Waals surface area contributed by atoms with Gasteiger partial charge in [-0.2, -0.15) is 0 Å². The number of ether oxygens (including phenoxy) is 1. The van der Waals surface area contributed by atoms with Crippen LogP contribution in [0, 0.1) is 6.92 Å². The fourth-order valence-corrected chi connectivity index (χ4v) is 4.11. The molecule has 0 spiro atoms. The Kier molecular flexibility index (Phi) is 5.98. The highest BCUT2D eigenvalue weighted by Gasteiger charge is 2.11. The Labute approximate surface area is 185 Å². The predicted octanol–water partition coefficient (Wildman–Crippen LogP) is 4.62. The molecule has 2 aromatic heterocycles. The van der Waals surface area contributed by atoms with Crippen LogP contribution in [0.4, 0.5) is 5.82 Å². The number of hydrogen-bond donors (Lipinski definition) is 3. The summed E-state index contributed by atoms with van der Waals surface area (Å²) >= 11 is 0. The van der Waals surface area contributed by atoms with Gasteiger partial charge in [-0.15, -0.1) is 0 Å². The van der Waals surface area contributed by atoms with Crippen LogP contribution in [0.5, 0.6) is 5.75 Å². The molecule has 164 valence electrons. The maximum atomic E-state index is 11.1. The van der Waals surface area contributed by atoms with Crippen LogP contribution in [0.1, 0.15) is 22.3 Å². The van der Waals surface area contributed by atoms with Crippen molar-refractivity contribution >= 4 is 41.3 Å². The zero-order valence-electron chi connectivity index (χ0n) is 17.8. The third kappa shape index (κ3) is 4.81. The maximum absolute atomic E-state index is 11.1. The largest absolute Gasteiger partial charge is 0.497 e. The fraction of sp³-hybridized carbons (Fsp3) is 0.167. The molecule has 4 aromatic rings. The van der Waals surface area contributed by atoms with Gasteiger partial charge in [0.1, 0.15) is 11.3 Å². The van der Waals surface area contributed by atoms with Crippen molar-refractivity contribution in [2.75, 3.05) is 12.8 Å². The van der Waals surface area contributed by atoms with Gasteiger partial charge in [0.05, 0.1) is 12.6 Å². The summed E-state index contributed by atoms with van der Waals surface area (Å²) in [7, 11) is -2.57. The summed E-state index contributed by atoms with van der Waals surface area (Å²) in [6, 6.07) is 13.6. The molecule has 4 N–H and O–H groups in total. The van der Waals surface area contributed by atoms with E-state index < -0.39 is 7.60 Å². The van der Waals surface area contributed by atoms with E-state index in [4.69, 9.17) is 20.3 Å². The second kappa shape index (κ2) is 8.71. The van der Waals surface area contributed by atoms with Crippen molar-refractivity contribution in [3.05, 3.63) is 76.7 Å². The summed E-state index contributed by atoms with van der Waals surface area (Å²) in [5, 5.41) is 1.79. The van der Waals surface area contributed by atoms with E-state index in [9.17, 15) is 4.57 Å². The Hall–Kier alpha value is -3.25. The van der Waals surface area contributed by atoms with Gasteiger partial charge in [0, 0.05) is 22.8 Å². The Morgan fingerprint density at radius 2 is 1.91 bits per heavy atom. The molecule has 7 nitrogen and oxygen atoms in total. The summed E-state index contributed by atoms with van der Waals surface area (Å²) in [5.41, 5.74) is 11.6. The molecule has 0 saturated heterocycles. The van der Waals surface area contributed by atoms with E-state index in [0.717, 1.165) is 40.7 Å². The summed E-state index contributed by atoms with van der Waals surface area (Å²) in [6.07, 6.45) is 4.91. The Balaban J connectivity index is 1.68. The molecule has 0 amide bonds. The van der Waals surface area contributed by atoms with Gasteiger partial charge in [0.25, 0.3) is 0 Å². The number of nitrogens with two attached hydrogens (primary N) is 1. The molecule has 4 rings (SSSR count). The zero-order chi connectivity index (χ0) is 22.9. The Bertz CT molecular complexity index is 1400. The monoisotopic (exact) mass is 449 g/mol. The molecule has 0 bridgehead atoms. The van der Waals surface area contributed by atoms with Crippen molar-refractivity contribution in [3.8, 4) is 5.75 Å². The number of methoxy groups -OCH3 is 1. The van der Waals surface area contributed by atoms with E-state index in [1.165, 1.54) is 17.2 Å². The second-order valence-electron chi connectivity index (χ2n) is 7.71. The summed E-state index contributed by atoms with van der Waals surface area (Å²) in [5.74, 6) is 2.04. The molecule has 32 heavy (non-hydrogen) atoms. The zero-order valence-corrected chi connectivity index (χ0v) is 18.7. The van der Waals surface area contributed by atoms with E-state index >= 15 is 0 Å². The van der Waals surface area contributed by atoms with Gasteiger partial charge in [-0.25, -0.2) is 4.98 Å². The minimum Gasteiger partial charge on any atom is -0.497 e. The van der Waals surface area contributed by atoms with Crippen molar-refractivity contribution in [2.45, 2.75) is 19.8 Å². The van der Waals surface area contributed by atoms with Gasteiger partial charge in [0.2, 0.25) is 0 Å². The quantitative estimate of drug-likeness (QED) is 0.290. The Morgan fingerprint density at radius 3 is 2.62 bits per heavy atom. The molecule has 0 aliphatic rings. The van der Waals surface area contributed by atoms with Crippen LogP contribution in [0.2, 0.25) is 0 Å². The molecule has 0 atom stereocenters. The first-order valence-electron chi connectivity index (χ1n) is 10.1. The van der Waals surface area contributed by atoms with Gasteiger partial charge < -0.3 is 20.3 Å². The number of pyridine rings is 2. The van der Waals surface area contributed by atoms with E-state index in [1.807, 2.05) is 24.4 Å². The van der Waals surface area contributed by atoms with Crippen LogP contribution >= 0.6 is 7.60 Å². The summed E-state index contributed by atoms with van der Waals surface area (Å²) in [4.78, 5) is 27.1. The van der Waals surface area contributed by atoms with Gasteiger partial charge in [-0.1, -0.05) is 18.2 Å². The molecule has 0 unspecified atom stereocenters. The maximum Gasteiger partial charge on any atom is 0.349 e. The molecule has 0 aliphatic carbocycles. The highest BCUT2D eigenvalue weighted by molar-refractivity contribution is 7.55. The van der Waals surface area contributed by atoms with Crippen LogP contribution < -0.4 is 10.5 Å². The lowest BCUT2D eigenvalue weighted by Gasteiger charge is -2.10. The van der Waals surface area contributed by atoms with Gasteiger partial charge in [0.15, 0.2) is 5.82 Å². The van der Waals surface area contributed by atoms with Gasteiger partial charge >= 0.3 is 7.60 Å². The SMILES string of the molecule is COc1ccc(CCc2cnc3c(N)nc4cc(/C=C/P(=O)(O)O)ccc4c3c2)c(C)c1. The number of nitrogen functional groups attached to an aromatic ring is 1. The molecule has 0 radical (unpaired) electrons. The second-order valence-corrected chi connectivity index (χ2v) is 9.19. The molecule has 2 heterocycles. The van der Waals surface area contributed by atoms with E-state index in [1.54, 1.807) is 19.2 Å². The standard InChI is InChI=1S/C24H24N3O4P/c1-15-11-19(31-2)7-6-18(15)5-3-17-12-21-20-8-4-16(9-10-32(28,29)30)13-22(20)27-24(25)23(21)26-14-17/h4,6-14H,3,5H2,1-2H3,(H2,25,27)(H2,28,29,30)/b10-9+. The third-order valence-corrected chi connectivity index (χ3v) is 5.97. The highest BCUT2D eigenvalue weighted by Crippen LogP contribution is 2.37. The first-order valence-corrected chi connectivity index (χ1v) is 11.8. The summed E-state index contributed by atoms with van der Waals surface area (Å²) in [6.45, 7) is 2.08. The summed E-state index contributed by atoms with van der Waals surface area (Å²) < 4.78 is 16.4. The molecule has 8 heteroatoms. The number of hydrogen-bond acceptors (Lipinski definition) is 5. The van der Waals surface area contributed by atoms with Crippen LogP contribution in [-0.2, 0) is 17.4 Å². The van der Waals surface area contributed by atoms with Crippen molar-refractivity contribution in [3.63, 3.8) is 0 Å². The minimum absolute atomic E-state index is 0.321. The predicted molar refractivity (Wildman–Crippen MR) is 128 cm³/mol. The molecule has 2 aromatic carbocycles. The number of nitrogens with zero attached hydrogens (tertiary/aromatic N) is 2. The lowest BCUT2D eigenvalue weighted by Crippen LogP contribution is -1.99. The van der Waals surface area contributed by atoms with Gasteiger partial charge in [-0.3, -0.25) is 9.55 Å². The van der Waals surface area contributed by atoms with Gasteiger partial charge in [-0.05, 0) is 72.4 Å². The minimum atomic E-state index is -4.23. The lowest BCUT2D eigenvalue weighted by molar-refractivity contribution is 0.386. The molecular formula is C24H24N3O4P. The van der Waals surface area contributed by atoms with E-state index in [2.05, 4.69) is 29.0 Å². The first-order chi connectivity index (χ1) is 15.2. The number of anilines is 1.